The Kier molecular flexibility index (Phi) is 9.21. The summed E-state index contributed by atoms with van der Waals surface area (Å²) in [6, 6.07) is -1.50. The normalized spacial score (nSPS) is 32.0. The monoisotopic (exact) mass is 554 g/mol. The van der Waals surface area contributed by atoms with Crippen LogP contribution in [-0.4, -0.2) is 87.6 Å². The summed E-state index contributed by atoms with van der Waals surface area (Å²) in [7, 11) is 0. The van der Waals surface area contributed by atoms with E-state index in [-0.39, 0.29) is 35.8 Å². The molecular formula is C26H39BrN2O6. The maximum Gasteiger partial charge on any atom is 0.312 e. The number of alkyl halides is 1. The van der Waals surface area contributed by atoms with E-state index in [0.717, 1.165) is 12.8 Å². The second kappa shape index (κ2) is 11.6. The smallest absolute Gasteiger partial charge is 0.312 e. The van der Waals surface area contributed by atoms with Crippen LogP contribution < -0.4 is 0 Å². The molecule has 3 aliphatic rings. The summed E-state index contributed by atoms with van der Waals surface area (Å²) in [6.45, 7) is 14.1. The van der Waals surface area contributed by atoms with Crippen molar-refractivity contribution in [3.8, 4) is 0 Å². The fourth-order valence-corrected chi connectivity index (χ4v) is 6.98. The molecule has 9 heteroatoms. The molecule has 0 radical (unpaired) electrons. The molecule has 3 saturated heterocycles. The summed E-state index contributed by atoms with van der Waals surface area (Å²) in [5.41, 5.74) is -1.17. The summed E-state index contributed by atoms with van der Waals surface area (Å²) in [4.78, 5) is 44.4. The van der Waals surface area contributed by atoms with Crippen LogP contribution in [0.4, 0.5) is 0 Å². The van der Waals surface area contributed by atoms with Gasteiger partial charge in [-0.15, -0.1) is 6.58 Å². The van der Waals surface area contributed by atoms with Gasteiger partial charge < -0.3 is 24.4 Å². The van der Waals surface area contributed by atoms with Crippen LogP contribution in [0.25, 0.3) is 0 Å². The Hall–Kier alpha value is -1.71. The van der Waals surface area contributed by atoms with E-state index in [1.165, 1.54) is 11.0 Å². The van der Waals surface area contributed by atoms with Crippen molar-refractivity contribution in [1.82, 2.24) is 9.80 Å². The lowest BCUT2D eigenvalue weighted by Gasteiger charge is -2.39. The predicted molar refractivity (Wildman–Crippen MR) is 136 cm³/mol. The number of hydrogen-bond acceptors (Lipinski definition) is 6. The van der Waals surface area contributed by atoms with Crippen molar-refractivity contribution in [2.24, 2.45) is 17.8 Å². The Bertz CT molecular complexity index is 835. The molecule has 1 N–H and O–H groups in total. The van der Waals surface area contributed by atoms with Crippen molar-refractivity contribution in [3.05, 3.63) is 25.3 Å². The van der Waals surface area contributed by atoms with Crippen LogP contribution in [0.15, 0.2) is 25.3 Å². The Morgan fingerprint density at radius 1 is 1.37 bits per heavy atom. The Morgan fingerprint density at radius 3 is 2.66 bits per heavy atom. The van der Waals surface area contributed by atoms with Gasteiger partial charge in [-0.25, -0.2) is 0 Å². The molecule has 35 heavy (non-hydrogen) atoms. The minimum absolute atomic E-state index is 0.0335. The van der Waals surface area contributed by atoms with E-state index in [9.17, 15) is 19.5 Å². The van der Waals surface area contributed by atoms with Crippen LogP contribution in [0.2, 0.25) is 0 Å². The van der Waals surface area contributed by atoms with E-state index in [1.807, 2.05) is 13.8 Å². The molecule has 0 saturated carbocycles. The molecule has 0 aromatic heterocycles. The predicted octanol–water partition coefficient (Wildman–Crippen LogP) is 2.69. The van der Waals surface area contributed by atoms with E-state index in [2.05, 4.69) is 36.0 Å². The van der Waals surface area contributed by atoms with Crippen molar-refractivity contribution < 1.29 is 29.0 Å². The standard InChI is InChI=1S/C26H39BrN2O6/c1-6-9-11-28(10-7-2)24(32)22-26-14-18(27)21(35-26)19(25(33)34-12-8-3)20(26)23(31)29(22)17(15-30)13-16(4)5/h7-8,16-22,30H,2-3,6,9-15H2,1,4-5H3/t17-,18?,19+,20+,21+,22?,26?/m1/s1. The Morgan fingerprint density at radius 2 is 2.09 bits per heavy atom. The summed E-state index contributed by atoms with van der Waals surface area (Å²) in [5, 5.41) is 10.3. The fraction of sp³-hybridized carbons (Fsp3) is 0.731. The number of likely N-dealkylation sites (tertiary alicyclic amines) is 1. The summed E-state index contributed by atoms with van der Waals surface area (Å²) in [6.07, 6.45) is 5.26. The third-order valence-electron chi connectivity index (χ3n) is 7.37. The molecule has 1 spiro atoms. The summed E-state index contributed by atoms with van der Waals surface area (Å²) in [5.74, 6) is -2.55. The number of rotatable bonds is 13. The van der Waals surface area contributed by atoms with Crippen LogP contribution in [0.3, 0.4) is 0 Å². The number of carbonyl (C=O) groups is 3. The second-order valence-corrected chi connectivity index (χ2v) is 11.4. The number of ether oxygens (including phenoxy) is 2. The first-order valence-corrected chi connectivity index (χ1v) is 13.5. The van der Waals surface area contributed by atoms with Crippen molar-refractivity contribution in [1.29, 1.82) is 0 Å². The molecule has 3 aliphatic heterocycles. The molecular weight excluding hydrogens is 516 g/mol. The number of nitrogens with zero attached hydrogens (tertiary/aromatic N) is 2. The van der Waals surface area contributed by atoms with Crippen LogP contribution in [0.5, 0.6) is 0 Å². The third-order valence-corrected chi connectivity index (χ3v) is 8.21. The molecule has 3 heterocycles. The summed E-state index contributed by atoms with van der Waals surface area (Å²) < 4.78 is 11.8. The van der Waals surface area contributed by atoms with Crippen LogP contribution >= 0.6 is 15.9 Å². The molecule has 8 nitrogen and oxygen atoms in total. The maximum atomic E-state index is 14.2. The SMILES string of the molecule is C=CCOC(=O)[C@H]1[C@H]2C(=O)N([C@@H](CO)CC(C)C)C(C(=O)N(CC=C)CCCC)C23CC(Br)[C@@H]1O3. The highest BCUT2D eigenvalue weighted by Gasteiger charge is 2.77. The van der Waals surface area contributed by atoms with Gasteiger partial charge in [0.15, 0.2) is 0 Å². The molecule has 3 unspecified atom stereocenters. The quantitative estimate of drug-likeness (QED) is 0.213. The maximum absolute atomic E-state index is 14.2. The molecule has 0 aromatic carbocycles. The molecule has 7 atom stereocenters. The Balaban J connectivity index is 2.09. The number of esters is 1. The summed E-state index contributed by atoms with van der Waals surface area (Å²) >= 11 is 3.65. The van der Waals surface area contributed by atoms with Gasteiger partial charge in [0.05, 0.1) is 30.6 Å². The lowest BCUT2D eigenvalue weighted by Crippen LogP contribution is -2.59. The number of aliphatic hydroxyl groups is 1. The van der Waals surface area contributed by atoms with Crippen molar-refractivity contribution >= 4 is 33.7 Å². The lowest BCUT2D eigenvalue weighted by atomic mass is 9.70. The van der Waals surface area contributed by atoms with Crippen molar-refractivity contribution in [2.45, 2.75) is 75.1 Å². The van der Waals surface area contributed by atoms with E-state index in [1.54, 1.807) is 11.0 Å². The molecule has 2 amide bonds. The lowest BCUT2D eigenvalue weighted by molar-refractivity contribution is -0.156. The van der Waals surface area contributed by atoms with Gasteiger partial charge in [-0.05, 0) is 25.2 Å². The number of aliphatic hydroxyl groups excluding tert-OH is 1. The number of hydrogen-bond donors (Lipinski definition) is 1. The van der Waals surface area contributed by atoms with E-state index in [0.29, 0.717) is 25.9 Å². The topological polar surface area (TPSA) is 96.4 Å². The van der Waals surface area contributed by atoms with Gasteiger partial charge in [0.1, 0.15) is 18.2 Å². The average Bonchev–Trinajstić information content (AvgIpc) is 3.41. The first-order valence-electron chi connectivity index (χ1n) is 12.6. The molecule has 3 rings (SSSR count). The van der Waals surface area contributed by atoms with E-state index >= 15 is 0 Å². The zero-order valence-electron chi connectivity index (χ0n) is 21.0. The molecule has 196 valence electrons. The highest BCUT2D eigenvalue weighted by molar-refractivity contribution is 9.09. The first kappa shape index (κ1) is 27.9. The van der Waals surface area contributed by atoms with Gasteiger partial charge in [0.2, 0.25) is 11.8 Å². The van der Waals surface area contributed by atoms with Gasteiger partial charge in [0, 0.05) is 17.9 Å². The minimum Gasteiger partial charge on any atom is -0.461 e. The number of unbranched alkanes of at least 4 members (excludes halogenated alkanes) is 1. The molecule has 0 aromatic rings. The number of carbonyl (C=O) groups excluding carboxylic acids is 3. The fourth-order valence-electron chi connectivity index (χ4n) is 6.04. The van der Waals surface area contributed by atoms with E-state index in [4.69, 9.17) is 9.47 Å². The number of halogens is 1. The van der Waals surface area contributed by atoms with E-state index < -0.39 is 41.6 Å². The van der Waals surface area contributed by atoms with Crippen LogP contribution in [0, 0.1) is 17.8 Å². The zero-order valence-corrected chi connectivity index (χ0v) is 22.6. The van der Waals surface area contributed by atoms with Gasteiger partial charge in [0.25, 0.3) is 0 Å². The van der Waals surface area contributed by atoms with Gasteiger partial charge in [-0.2, -0.15) is 0 Å². The van der Waals surface area contributed by atoms with Gasteiger partial charge in [-0.1, -0.05) is 61.9 Å². The zero-order chi connectivity index (χ0) is 25.9. The molecule has 0 aliphatic carbocycles. The van der Waals surface area contributed by atoms with Gasteiger partial charge >= 0.3 is 5.97 Å². The van der Waals surface area contributed by atoms with Crippen molar-refractivity contribution in [2.75, 3.05) is 26.3 Å². The van der Waals surface area contributed by atoms with Crippen molar-refractivity contribution in [3.63, 3.8) is 0 Å². The second-order valence-electron chi connectivity index (χ2n) is 10.2. The average molecular weight is 556 g/mol. The first-order chi connectivity index (χ1) is 16.7. The Labute approximate surface area is 216 Å². The largest absolute Gasteiger partial charge is 0.461 e. The number of fused-ring (bicyclic) bond motifs is 1. The number of amides is 2. The van der Waals surface area contributed by atoms with Crippen LogP contribution in [0.1, 0.15) is 46.5 Å². The highest BCUT2D eigenvalue weighted by atomic mass is 79.9. The minimum atomic E-state index is -1.17. The molecule has 3 fully saturated rings. The third kappa shape index (κ3) is 4.96. The highest BCUT2D eigenvalue weighted by Crippen LogP contribution is 2.60. The van der Waals surface area contributed by atoms with Gasteiger partial charge in [-0.3, -0.25) is 14.4 Å². The van der Waals surface area contributed by atoms with Crippen LogP contribution in [-0.2, 0) is 23.9 Å². The molecule has 2 bridgehead atoms.